The number of thioether (sulfide) groups is 1. The summed E-state index contributed by atoms with van der Waals surface area (Å²) in [5.41, 5.74) is -0.701. The lowest BCUT2D eigenvalue weighted by Crippen LogP contribution is -2.29. The van der Waals surface area contributed by atoms with E-state index in [0.717, 1.165) is 40.9 Å². The molecule has 0 saturated heterocycles. The second-order valence-corrected chi connectivity index (χ2v) is 7.91. The topological polar surface area (TPSA) is 107 Å². The predicted octanol–water partition coefficient (Wildman–Crippen LogP) is 2.53. The maximum Gasteiger partial charge on any atom is 0.258 e. The SMILES string of the molecule is CC(C)(C)C(=O)SC(=S)Nc1c(O)cc(N2C(=O)C=CC2=O)cc1O. The highest BCUT2D eigenvalue weighted by atomic mass is 32.2. The number of imide groups is 1. The second-order valence-electron chi connectivity index (χ2n) is 6.26. The minimum absolute atomic E-state index is 0.0184. The van der Waals surface area contributed by atoms with Gasteiger partial charge in [0.1, 0.15) is 21.5 Å². The highest BCUT2D eigenvalue weighted by Gasteiger charge is 2.28. The number of carbonyl (C=O) groups excluding carboxylic acids is 3. The van der Waals surface area contributed by atoms with Crippen molar-refractivity contribution in [2.45, 2.75) is 20.8 Å². The lowest BCUT2D eigenvalue weighted by atomic mass is 10.00. The summed E-state index contributed by atoms with van der Waals surface area (Å²) in [6.45, 7) is 5.23. The number of hydrogen-bond acceptors (Lipinski definition) is 7. The van der Waals surface area contributed by atoms with E-state index < -0.39 is 28.7 Å². The maximum atomic E-state index is 12.0. The number of thiocarbonyl (C=S) groups is 1. The minimum atomic E-state index is -0.603. The van der Waals surface area contributed by atoms with Crippen LogP contribution < -0.4 is 10.2 Å². The number of amides is 2. The molecule has 0 spiro atoms. The molecule has 1 aliphatic rings. The van der Waals surface area contributed by atoms with E-state index in [4.69, 9.17) is 12.2 Å². The molecule has 132 valence electrons. The molecule has 0 unspecified atom stereocenters. The molecule has 2 amide bonds. The number of nitrogens with zero attached hydrogens (tertiary/aromatic N) is 1. The van der Waals surface area contributed by atoms with Crippen molar-refractivity contribution in [3.63, 3.8) is 0 Å². The van der Waals surface area contributed by atoms with Crippen LogP contribution in [-0.2, 0) is 14.4 Å². The summed E-state index contributed by atoms with van der Waals surface area (Å²) in [6, 6.07) is 2.29. The van der Waals surface area contributed by atoms with Crippen LogP contribution in [0.15, 0.2) is 24.3 Å². The summed E-state index contributed by atoms with van der Waals surface area (Å²) in [5, 5.41) is 22.6. The van der Waals surface area contributed by atoms with Crippen LogP contribution in [0.4, 0.5) is 11.4 Å². The Kier molecular flexibility index (Phi) is 5.19. The molecule has 1 heterocycles. The van der Waals surface area contributed by atoms with Crippen LogP contribution in [0.25, 0.3) is 0 Å². The zero-order valence-electron chi connectivity index (χ0n) is 13.7. The van der Waals surface area contributed by atoms with Gasteiger partial charge in [-0.2, -0.15) is 0 Å². The Bertz CT molecular complexity index is 770. The lowest BCUT2D eigenvalue weighted by Gasteiger charge is -2.18. The van der Waals surface area contributed by atoms with E-state index in [9.17, 15) is 24.6 Å². The van der Waals surface area contributed by atoms with E-state index in [1.54, 1.807) is 20.8 Å². The largest absolute Gasteiger partial charge is 0.506 e. The van der Waals surface area contributed by atoms with Crippen LogP contribution in [-0.4, -0.2) is 31.5 Å². The summed E-state index contributed by atoms with van der Waals surface area (Å²) in [6.07, 6.45) is 2.18. The lowest BCUT2D eigenvalue weighted by molar-refractivity contribution is -0.120. The molecular weight excluding hydrogens is 364 g/mol. The number of phenols is 2. The Labute approximate surface area is 153 Å². The number of anilines is 2. The number of aromatic hydroxyl groups is 2. The molecule has 0 saturated carbocycles. The average molecular weight is 380 g/mol. The van der Waals surface area contributed by atoms with Gasteiger partial charge in [-0.1, -0.05) is 33.0 Å². The van der Waals surface area contributed by atoms with Gasteiger partial charge in [-0.3, -0.25) is 14.4 Å². The van der Waals surface area contributed by atoms with Crippen LogP contribution in [0, 0.1) is 5.41 Å². The molecule has 0 atom stereocenters. The fourth-order valence-electron chi connectivity index (χ4n) is 1.87. The summed E-state index contributed by atoms with van der Waals surface area (Å²) in [7, 11) is 0. The van der Waals surface area contributed by atoms with Gasteiger partial charge in [0, 0.05) is 29.7 Å². The monoisotopic (exact) mass is 380 g/mol. The van der Waals surface area contributed by atoms with E-state index in [-0.39, 0.29) is 20.8 Å². The number of rotatable bonds is 2. The Balaban J connectivity index is 2.21. The van der Waals surface area contributed by atoms with E-state index >= 15 is 0 Å². The van der Waals surface area contributed by atoms with Crippen molar-refractivity contribution in [2.75, 3.05) is 10.2 Å². The summed E-state index contributed by atoms with van der Waals surface area (Å²) < 4.78 is 0.0493. The van der Waals surface area contributed by atoms with Crippen molar-refractivity contribution in [3.8, 4) is 11.5 Å². The first-order chi connectivity index (χ1) is 11.5. The quantitative estimate of drug-likeness (QED) is 0.408. The maximum absolute atomic E-state index is 12.0. The van der Waals surface area contributed by atoms with Gasteiger partial charge in [0.2, 0.25) is 5.12 Å². The Morgan fingerprint density at radius 3 is 2.04 bits per heavy atom. The van der Waals surface area contributed by atoms with E-state index in [1.165, 1.54) is 0 Å². The fourth-order valence-corrected chi connectivity index (χ4v) is 2.83. The first-order valence-electron chi connectivity index (χ1n) is 7.16. The molecule has 1 aromatic carbocycles. The second kappa shape index (κ2) is 6.85. The predicted molar refractivity (Wildman–Crippen MR) is 99.7 cm³/mol. The third-order valence-electron chi connectivity index (χ3n) is 3.17. The molecule has 25 heavy (non-hydrogen) atoms. The Morgan fingerprint density at radius 1 is 1.12 bits per heavy atom. The van der Waals surface area contributed by atoms with Crippen LogP contribution in [0.1, 0.15) is 20.8 Å². The summed E-state index contributed by atoms with van der Waals surface area (Å²) in [4.78, 5) is 36.1. The minimum Gasteiger partial charge on any atom is -0.506 e. The fraction of sp³-hybridized carbons (Fsp3) is 0.250. The first kappa shape index (κ1) is 18.9. The van der Waals surface area contributed by atoms with Gasteiger partial charge in [0.05, 0.1) is 5.69 Å². The summed E-state index contributed by atoms with van der Waals surface area (Å²) >= 11 is 5.84. The number of carbonyl (C=O) groups is 3. The normalized spacial score (nSPS) is 14.1. The van der Waals surface area contributed by atoms with Crippen molar-refractivity contribution in [1.82, 2.24) is 0 Å². The molecule has 7 nitrogen and oxygen atoms in total. The molecule has 0 aromatic heterocycles. The van der Waals surface area contributed by atoms with Gasteiger partial charge < -0.3 is 15.5 Å². The van der Waals surface area contributed by atoms with Gasteiger partial charge in [-0.15, -0.1) is 0 Å². The third-order valence-corrected chi connectivity index (χ3v) is 4.61. The zero-order valence-corrected chi connectivity index (χ0v) is 15.3. The number of phenolic OH excluding ortho intramolecular Hbond substituents is 2. The molecular formula is C16H16N2O5S2. The molecule has 9 heteroatoms. The zero-order chi connectivity index (χ0) is 18.9. The van der Waals surface area contributed by atoms with Gasteiger partial charge in [0.25, 0.3) is 11.8 Å². The molecule has 0 radical (unpaired) electrons. The number of hydrogen-bond donors (Lipinski definition) is 3. The van der Waals surface area contributed by atoms with E-state index in [1.807, 2.05) is 0 Å². The van der Waals surface area contributed by atoms with Crippen molar-refractivity contribution in [2.24, 2.45) is 5.41 Å². The van der Waals surface area contributed by atoms with Crippen molar-refractivity contribution in [3.05, 3.63) is 24.3 Å². The number of nitrogens with one attached hydrogen (secondary N) is 1. The van der Waals surface area contributed by atoms with Gasteiger partial charge in [-0.05, 0) is 11.8 Å². The van der Waals surface area contributed by atoms with Crippen molar-refractivity contribution in [1.29, 1.82) is 0 Å². The molecule has 3 N–H and O–H groups in total. The Morgan fingerprint density at radius 2 is 1.60 bits per heavy atom. The molecule has 2 rings (SSSR count). The summed E-state index contributed by atoms with van der Waals surface area (Å²) in [5.74, 6) is -2.00. The highest BCUT2D eigenvalue weighted by molar-refractivity contribution is 8.33. The smallest absolute Gasteiger partial charge is 0.258 e. The first-order valence-corrected chi connectivity index (χ1v) is 8.38. The van der Waals surface area contributed by atoms with Gasteiger partial charge in [-0.25, -0.2) is 4.90 Å². The molecule has 1 aliphatic heterocycles. The van der Waals surface area contributed by atoms with Crippen molar-refractivity contribution < 1.29 is 24.6 Å². The van der Waals surface area contributed by atoms with E-state index in [0.29, 0.717) is 0 Å². The van der Waals surface area contributed by atoms with Crippen LogP contribution in [0.2, 0.25) is 0 Å². The van der Waals surface area contributed by atoms with Crippen molar-refractivity contribution >= 4 is 56.6 Å². The molecule has 1 aromatic rings. The average Bonchev–Trinajstić information content (AvgIpc) is 2.80. The van der Waals surface area contributed by atoms with Gasteiger partial charge in [0.15, 0.2) is 0 Å². The van der Waals surface area contributed by atoms with Gasteiger partial charge >= 0.3 is 0 Å². The molecule has 0 aliphatic carbocycles. The highest BCUT2D eigenvalue weighted by Crippen LogP contribution is 2.39. The molecule has 0 bridgehead atoms. The number of benzene rings is 1. The molecule has 0 fully saturated rings. The van der Waals surface area contributed by atoms with Crippen LogP contribution in [0.3, 0.4) is 0 Å². The van der Waals surface area contributed by atoms with E-state index in [2.05, 4.69) is 5.32 Å². The third kappa shape index (κ3) is 4.18. The van der Waals surface area contributed by atoms with Crippen LogP contribution >= 0.6 is 24.0 Å². The van der Waals surface area contributed by atoms with Crippen LogP contribution in [0.5, 0.6) is 11.5 Å². The standard InChI is InChI=1S/C16H16N2O5S2/c1-16(2,3)14(23)25-15(24)17-13-9(19)6-8(7-10(13)20)18-11(21)4-5-12(18)22/h4-7,19-20H,1-3H3,(H,17,24). The Hall–Kier alpha value is -2.39.